The normalized spacial score (nSPS) is 38.0. The van der Waals surface area contributed by atoms with Crippen LogP contribution in [0.15, 0.2) is 0 Å². The molecule has 0 bridgehead atoms. The molecule has 0 spiro atoms. The van der Waals surface area contributed by atoms with Crippen LogP contribution in [0.25, 0.3) is 0 Å². The maximum absolute atomic E-state index is 12.1. The van der Waals surface area contributed by atoms with Crippen molar-refractivity contribution in [1.82, 2.24) is 10.6 Å². The maximum Gasteiger partial charge on any atom is 0.237 e. The first-order valence-corrected chi connectivity index (χ1v) is 6.81. The first-order valence-electron chi connectivity index (χ1n) is 6.81. The Hall–Kier alpha value is -0.610. The van der Waals surface area contributed by atoms with Gasteiger partial charge in [-0.1, -0.05) is 6.92 Å². The van der Waals surface area contributed by atoms with Gasteiger partial charge < -0.3 is 15.4 Å². The lowest BCUT2D eigenvalue weighted by molar-refractivity contribution is -0.125. The molecule has 4 heteroatoms. The number of carbonyl (C=O) groups excluding carboxylic acids is 1. The average Bonchev–Trinajstić information content (AvgIpc) is 2.72. The minimum absolute atomic E-state index is 0.00128. The molecule has 0 aromatic heterocycles. The number of carbonyl (C=O) groups is 1. The van der Waals surface area contributed by atoms with Gasteiger partial charge in [0, 0.05) is 19.1 Å². The molecule has 1 amide bonds. The van der Waals surface area contributed by atoms with Crippen molar-refractivity contribution < 1.29 is 9.53 Å². The fraction of sp³-hybridized carbons (Fsp3) is 0.923. The Morgan fingerprint density at radius 2 is 2.24 bits per heavy atom. The van der Waals surface area contributed by atoms with Crippen molar-refractivity contribution in [2.24, 2.45) is 11.8 Å². The van der Waals surface area contributed by atoms with Gasteiger partial charge in [0.1, 0.15) is 0 Å². The summed E-state index contributed by atoms with van der Waals surface area (Å²) in [7, 11) is 0. The average molecular weight is 240 g/mol. The molecule has 0 saturated carbocycles. The van der Waals surface area contributed by atoms with Crippen LogP contribution in [0.5, 0.6) is 0 Å². The van der Waals surface area contributed by atoms with Gasteiger partial charge in [-0.25, -0.2) is 0 Å². The van der Waals surface area contributed by atoms with Crippen molar-refractivity contribution in [2.75, 3.05) is 19.7 Å². The summed E-state index contributed by atoms with van der Waals surface area (Å²) in [5.74, 6) is 1.09. The minimum atomic E-state index is 0.00128. The number of nitrogens with one attached hydrogen (secondary N) is 2. The van der Waals surface area contributed by atoms with Crippen LogP contribution in [0.2, 0.25) is 0 Å². The van der Waals surface area contributed by atoms with Gasteiger partial charge in [0.25, 0.3) is 0 Å². The zero-order chi connectivity index (χ0) is 12.3. The number of hydrogen-bond acceptors (Lipinski definition) is 3. The second-order valence-electron chi connectivity index (χ2n) is 5.42. The number of piperidine rings is 1. The Bertz CT molecular complexity index is 270. The minimum Gasteiger partial charge on any atom is -0.378 e. The van der Waals surface area contributed by atoms with E-state index in [9.17, 15) is 4.79 Å². The Kier molecular flexibility index (Phi) is 4.40. The first-order chi connectivity index (χ1) is 8.18. The molecule has 2 heterocycles. The van der Waals surface area contributed by atoms with Crippen LogP contribution in [0.3, 0.4) is 0 Å². The molecule has 98 valence electrons. The molecule has 17 heavy (non-hydrogen) atoms. The van der Waals surface area contributed by atoms with Crippen LogP contribution >= 0.6 is 0 Å². The second kappa shape index (κ2) is 5.83. The summed E-state index contributed by atoms with van der Waals surface area (Å²) in [6, 6.07) is 0.00128. The van der Waals surface area contributed by atoms with Gasteiger partial charge in [-0.2, -0.15) is 0 Å². The summed E-state index contributed by atoms with van der Waals surface area (Å²) in [5.41, 5.74) is 0. The highest BCUT2D eigenvalue weighted by Crippen LogP contribution is 2.20. The molecule has 4 unspecified atom stereocenters. The molecular weight excluding hydrogens is 216 g/mol. The lowest BCUT2D eigenvalue weighted by Crippen LogP contribution is -2.51. The van der Waals surface area contributed by atoms with Crippen molar-refractivity contribution in [3.05, 3.63) is 0 Å². The van der Waals surface area contributed by atoms with Crippen LogP contribution in [-0.4, -0.2) is 37.7 Å². The van der Waals surface area contributed by atoms with E-state index < -0.39 is 0 Å². The summed E-state index contributed by atoms with van der Waals surface area (Å²) < 4.78 is 5.50. The monoisotopic (exact) mass is 240 g/mol. The number of amides is 1. The van der Waals surface area contributed by atoms with Crippen molar-refractivity contribution in [1.29, 1.82) is 0 Å². The van der Waals surface area contributed by atoms with E-state index in [1.54, 1.807) is 0 Å². The summed E-state index contributed by atoms with van der Waals surface area (Å²) in [6.07, 6.45) is 3.67. The molecule has 0 radical (unpaired) electrons. The maximum atomic E-state index is 12.1. The topological polar surface area (TPSA) is 50.4 Å². The third-order valence-corrected chi connectivity index (χ3v) is 4.12. The van der Waals surface area contributed by atoms with E-state index in [2.05, 4.69) is 24.5 Å². The van der Waals surface area contributed by atoms with Crippen molar-refractivity contribution in [3.8, 4) is 0 Å². The van der Waals surface area contributed by atoms with Crippen LogP contribution in [-0.2, 0) is 9.53 Å². The highest BCUT2D eigenvalue weighted by Gasteiger charge is 2.29. The van der Waals surface area contributed by atoms with Crippen LogP contribution < -0.4 is 10.6 Å². The molecular formula is C13H24N2O2. The lowest BCUT2D eigenvalue weighted by atomic mass is 9.92. The molecule has 2 fully saturated rings. The molecule has 2 aliphatic rings. The fourth-order valence-electron chi connectivity index (χ4n) is 2.79. The van der Waals surface area contributed by atoms with E-state index in [-0.39, 0.29) is 18.1 Å². The van der Waals surface area contributed by atoms with Crippen LogP contribution in [0.1, 0.15) is 33.1 Å². The standard InChI is InChI=1S/C13H24N2O2/c1-9-4-3-6-14-12(9)13(16)15-8-11-5-7-17-10(11)2/h9-12,14H,3-8H2,1-2H3,(H,15,16). The van der Waals surface area contributed by atoms with E-state index in [1.165, 1.54) is 6.42 Å². The van der Waals surface area contributed by atoms with Gasteiger partial charge in [0.15, 0.2) is 0 Å². The third-order valence-electron chi connectivity index (χ3n) is 4.12. The highest BCUT2D eigenvalue weighted by molar-refractivity contribution is 5.82. The largest absolute Gasteiger partial charge is 0.378 e. The SMILES string of the molecule is CC1CCCNC1C(=O)NCC1CCOC1C. The van der Waals surface area contributed by atoms with E-state index >= 15 is 0 Å². The van der Waals surface area contributed by atoms with Gasteiger partial charge >= 0.3 is 0 Å². The zero-order valence-electron chi connectivity index (χ0n) is 10.9. The second-order valence-corrected chi connectivity index (χ2v) is 5.42. The quantitative estimate of drug-likeness (QED) is 0.771. The highest BCUT2D eigenvalue weighted by atomic mass is 16.5. The summed E-state index contributed by atoms with van der Waals surface area (Å²) >= 11 is 0. The fourth-order valence-corrected chi connectivity index (χ4v) is 2.79. The summed E-state index contributed by atoms with van der Waals surface area (Å²) in [5, 5.41) is 6.39. The summed E-state index contributed by atoms with van der Waals surface area (Å²) in [4.78, 5) is 12.1. The van der Waals surface area contributed by atoms with E-state index in [1.807, 2.05) is 0 Å². The molecule has 2 saturated heterocycles. The van der Waals surface area contributed by atoms with Gasteiger partial charge in [-0.3, -0.25) is 4.79 Å². The smallest absolute Gasteiger partial charge is 0.237 e. The Morgan fingerprint density at radius 3 is 2.88 bits per heavy atom. The lowest BCUT2D eigenvalue weighted by Gasteiger charge is -2.29. The van der Waals surface area contributed by atoms with Gasteiger partial charge in [0.05, 0.1) is 12.1 Å². The van der Waals surface area contributed by atoms with Crippen LogP contribution in [0.4, 0.5) is 0 Å². The molecule has 0 aromatic rings. The van der Waals surface area contributed by atoms with Crippen molar-refractivity contribution in [2.45, 2.75) is 45.3 Å². The number of rotatable bonds is 3. The Balaban J connectivity index is 1.76. The third kappa shape index (κ3) is 3.19. The number of ether oxygens (including phenoxy) is 1. The molecule has 2 rings (SSSR count). The molecule has 2 aliphatic heterocycles. The predicted octanol–water partition coefficient (Wildman–Crippen LogP) is 0.916. The molecule has 0 aliphatic carbocycles. The van der Waals surface area contributed by atoms with E-state index in [4.69, 9.17) is 4.74 Å². The van der Waals surface area contributed by atoms with Crippen molar-refractivity contribution in [3.63, 3.8) is 0 Å². The molecule has 2 N–H and O–H groups in total. The summed E-state index contributed by atoms with van der Waals surface area (Å²) in [6.45, 7) is 6.79. The number of hydrogen-bond donors (Lipinski definition) is 2. The van der Waals surface area contributed by atoms with Gasteiger partial charge in [-0.05, 0) is 38.6 Å². The van der Waals surface area contributed by atoms with Gasteiger partial charge in [-0.15, -0.1) is 0 Å². The molecule has 4 atom stereocenters. The Morgan fingerprint density at radius 1 is 1.41 bits per heavy atom. The van der Waals surface area contributed by atoms with E-state index in [0.29, 0.717) is 11.8 Å². The zero-order valence-corrected chi connectivity index (χ0v) is 10.9. The predicted molar refractivity (Wildman–Crippen MR) is 66.7 cm³/mol. The molecule has 0 aromatic carbocycles. The van der Waals surface area contributed by atoms with Gasteiger partial charge in [0.2, 0.25) is 5.91 Å². The Labute approximate surface area is 103 Å². The first kappa shape index (κ1) is 12.8. The van der Waals surface area contributed by atoms with E-state index in [0.717, 1.165) is 32.5 Å². The molecule has 4 nitrogen and oxygen atoms in total. The van der Waals surface area contributed by atoms with Crippen LogP contribution in [0, 0.1) is 11.8 Å². The van der Waals surface area contributed by atoms with Crippen molar-refractivity contribution >= 4 is 5.91 Å².